The van der Waals surface area contributed by atoms with E-state index in [1.54, 1.807) is 13.0 Å². The lowest BCUT2D eigenvalue weighted by atomic mass is 10.1. The zero-order valence-corrected chi connectivity index (χ0v) is 9.40. The number of fused-ring (bicyclic) bond motifs is 1. The van der Waals surface area contributed by atoms with Crippen LogP contribution in [0.4, 0.5) is 14.6 Å². The molecule has 0 unspecified atom stereocenters. The third-order valence-electron chi connectivity index (χ3n) is 2.18. The van der Waals surface area contributed by atoms with E-state index in [0.717, 1.165) is 6.07 Å². The van der Waals surface area contributed by atoms with E-state index in [-0.39, 0.29) is 15.8 Å². The zero-order chi connectivity index (χ0) is 11.2. The van der Waals surface area contributed by atoms with Gasteiger partial charge in [0.1, 0.15) is 17.2 Å². The van der Waals surface area contributed by atoms with E-state index in [1.165, 1.54) is 0 Å². The molecule has 5 heteroatoms. The van der Waals surface area contributed by atoms with Crippen LogP contribution in [0, 0.1) is 18.6 Å². The van der Waals surface area contributed by atoms with Crippen molar-refractivity contribution in [3.63, 3.8) is 0 Å². The van der Waals surface area contributed by atoms with Gasteiger partial charge in [0.25, 0.3) is 0 Å². The number of nitrogens with zero attached hydrogens (tertiary/aromatic N) is 1. The van der Waals surface area contributed by atoms with E-state index in [4.69, 9.17) is 5.73 Å². The number of hydrogen-bond acceptors (Lipinski definition) is 2. The number of hydrogen-bond donors (Lipinski definition) is 1. The molecular formula is C10H7BrF2N2. The van der Waals surface area contributed by atoms with Gasteiger partial charge >= 0.3 is 0 Å². The smallest absolute Gasteiger partial charge is 0.152 e. The Morgan fingerprint density at radius 3 is 2.60 bits per heavy atom. The highest BCUT2D eigenvalue weighted by Crippen LogP contribution is 2.29. The van der Waals surface area contributed by atoms with Gasteiger partial charge < -0.3 is 5.73 Å². The summed E-state index contributed by atoms with van der Waals surface area (Å²) in [7, 11) is 0. The highest BCUT2D eigenvalue weighted by atomic mass is 79.9. The molecule has 1 aromatic carbocycles. The minimum Gasteiger partial charge on any atom is -0.383 e. The molecule has 0 aliphatic rings. The van der Waals surface area contributed by atoms with Crippen molar-refractivity contribution >= 4 is 32.7 Å². The molecule has 78 valence electrons. The SMILES string of the molecule is Cc1cc2c(Br)c(F)cc(F)c2nc1N. The fourth-order valence-corrected chi connectivity index (χ4v) is 1.77. The van der Waals surface area contributed by atoms with Crippen LogP contribution >= 0.6 is 15.9 Å². The molecule has 0 spiro atoms. The van der Waals surface area contributed by atoms with E-state index < -0.39 is 11.6 Å². The van der Waals surface area contributed by atoms with E-state index in [2.05, 4.69) is 20.9 Å². The molecule has 0 bridgehead atoms. The van der Waals surface area contributed by atoms with Crippen LogP contribution < -0.4 is 5.73 Å². The van der Waals surface area contributed by atoms with Gasteiger partial charge in [-0.25, -0.2) is 13.8 Å². The van der Waals surface area contributed by atoms with Gasteiger partial charge in [-0.1, -0.05) is 0 Å². The van der Waals surface area contributed by atoms with E-state index in [1.807, 2.05) is 0 Å². The van der Waals surface area contributed by atoms with Gasteiger partial charge in [0.15, 0.2) is 5.82 Å². The van der Waals surface area contributed by atoms with Crippen LogP contribution in [-0.4, -0.2) is 4.98 Å². The minimum atomic E-state index is -0.711. The molecule has 0 saturated carbocycles. The largest absolute Gasteiger partial charge is 0.383 e. The summed E-state index contributed by atoms with van der Waals surface area (Å²) in [5, 5.41) is 0.388. The van der Waals surface area contributed by atoms with Crippen molar-refractivity contribution in [3.8, 4) is 0 Å². The van der Waals surface area contributed by atoms with Crippen LogP contribution in [0.2, 0.25) is 0 Å². The van der Waals surface area contributed by atoms with E-state index in [0.29, 0.717) is 10.9 Å². The van der Waals surface area contributed by atoms with Gasteiger partial charge in [0.05, 0.1) is 4.47 Å². The maximum Gasteiger partial charge on any atom is 0.152 e. The Kier molecular flexibility index (Phi) is 2.34. The number of aryl methyl sites for hydroxylation is 1. The normalized spacial score (nSPS) is 10.9. The maximum absolute atomic E-state index is 13.4. The number of anilines is 1. The molecule has 1 aromatic heterocycles. The van der Waals surface area contributed by atoms with Crippen molar-refractivity contribution in [1.82, 2.24) is 4.98 Å². The predicted molar refractivity (Wildman–Crippen MR) is 58.5 cm³/mol. The third kappa shape index (κ3) is 1.56. The van der Waals surface area contributed by atoms with Crippen molar-refractivity contribution in [1.29, 1.82) is 0 Å². The highest BCUT2D eigenvalue weighted by Gasteiger charge is 2.12. The molecule has 2 nitrogen and oxygen atoms in total. The fraction of sp³-hybridized carbons (Fsp3) is 0.100. The number of halogens is 3. The van der Waals surface area contributed by atoms with Crippen LogP contribution in [0.1, 0.15) is 5.56 Å². The predicted octanol–water partition coefficient (Wildman–Crippen LogP) is 3.17. The van der Waals surface area contributed by atoms with E-state index >= 15 is 0 Å². The summed E-state index contributed by atoms with van der Waals surface area (Å²) in [4.78, 5) is 3.88. The quantitative estimate of drug-likeness (QED) is 0.749. The fourth-order valence-electron chi connectivity index (χ4n) is 1.35. The standard InChI is InChI=1S/C10H7BrF2N2/c1-4-2-5-8(11)6(12)3-7(13)9(5)15-10(4)14/h2-3H,1H3,(H2,14,15). The highest BCUT2D eigenvalue weighted by molar-refractivity contribution is 9.10. The van der Waals surface area contributed by atoms with Crippen LogP contribution in [-0.2, 0) is 0 Å². The third-order valence-corrected chi connectivity index (χ3v) is 2.98. The van der Waals surface area contributed by atoms with Gasteiger partial charge in [-0.05, 0) is 34.5 Å². The summed E-state index contributed by atoms with van der Waals surface area (Å²) in [5.41, 5.74) is 6.32. The lowest BCUT2D eigenvalue weighted by molar-refractivity contribution is 0.586. The van der Waals surface area contributed by atoms with Crippen molar-refractivity contribution in [3.05, 3.63) is 33.8 Å². The first-order valence-corrected chi connectivity index (χ1v) is 5.00. The minimum absolute atomic E-state index is 0.0753. The summed E-state index contributed by atoms with van der Waals surface area (Å²) < 4.78 is 26.8. The first kappa shape index (κ1) is 10.3. The first-order chi connectivity index (χ1) is 7.00. The average molecular weight is 273 g/mol. The molecule has 0 atom stereocenters. The van der Waals surface area contributed by atoms with Crippen LogP contribution in [0.25, 0.3) is 10.9 Å². The Balaban J connectivity index is 2.97. The number of rotatable bonds is 0. The van der Waals surface area contributed by atoms with Gasteiger partial charge in [0, 0.05) is 11.5 Å². The first-order valence-electron chi connectivity index (χ1n) is 4.21. The summed E-state index contributed by atoms with van der Waals surface area (Å²) in [6.45, 7) is 1.73. The second-order valence-electron chi connectivity index (χ2n) is 3.24. The molecule has 0 aliphatic carbocycles. The van der Waals surface area contributed by atoms with Gasteiger partial charge in [-0.15, -0.1) is 0 Å². The Bertz CT molecular complexity index is 555. The van der Waals surface area contributed by atoms with Crippen molar-refractivity contribution in [2.75, 3.05) is 5.73 Å². The monoisotopic (exact) mass is 272 g/mol. The van der Waals surface area contributed by atoms with Crippen molar-refractivity contribution in [2.45, 2.75) is 6.92 Å². The second-order valence-corrected chi connectivity index (χ2v) is 4.03. The molecule has 1 heterocycles. The number of nitrogen functional groups attached to an aromatic ring is 1. The van der Waals surface area contributed by atoms with Gasteiger partial charge in [0.2, 0.25) is 0 Å². The van der Waals surface area contributed by atoms with Crippen LogP contribution in [0.3, 0.4) is 0 Å². The summed E-state index contributed by atoms with van der Waals surface area (Å²) in [6, 6.07) is 2.39. The molecule has 2 N–H and O–H groups in total. The van der Waals surface area contributed by atoms with Crippen molar-refractivity contribution in [2.24, 2.45) is 0 Å². The van der Waals surface area contributed by atoms with Gasteiger partial charge in [-0.3, -0.25) is 0 Å². The topological polar surface area (TPSA) is 38.9 Å². The summed E-state index contributed by atoms with van der Waals surface area (Å²) in [5.74, 6) is -1.11. The van der Waals surface area contributed by atoms with Crippen LogP contribution in [0.5, 0.6) is 0 Å². The number of pyridine rings is 1. The molecule has 15 heavy (non-hydrogen) atoms. The maximum atomic E-state index is 13.4. The van der Waals surface area contributed by atoms with Crippen LogP contribution in [0.15, 0.2) is 16.6 Å². The molecule has 0 saturated heterocycles. The summed E-state index contributed by atoms with van der Waals surface area (Å²) >= 11 is 3.05. The molecular weight excluding hydrogens is 266 g/mol. The molecule has 2 aromatic rings. The Morgan fingerprint density at radius 2 is 1.93 bits per heavy atom. The molecule has 0 aliphatic heterocycles. The number of aromatic nitrogens is 1. The number of benzene rings is 1. The lowest BCUT2D eigenvalue weighted by Gasteiger charge is -2.06. The van der Waals surface area contributed by atoms with Gasteiger partial charge in [-0.2, -0.15) is 0 Å². The molecule has 0 radical (unpaired) electrons. The number of nitrogens with two attached hydrogens (primary N) is 1. The van der Waals surface area contributed by atoms with Crippen molar-refractivity contribution < 1.29 is 8.78 Å². The Labute approximate surface area is 93.2 Å². The Morgan fingerprint density at radius 1 is 1.27 bits per heavy atom. The lowest BCUT2D eigenvalue weighted by Crippen LogP contribution is -1.97. The molecule has 0 amide bonds. The zero-order valence-electron chi connectivity index (χ0n) is 7.81. The molecule has 0 fully saturated rings. The average Bonchev–Trinajstić information content (AvgIpc) is 2.18. The Hall–Kier alpha value is -1.23. The summed E-state index contributed by atoms with van der Waals surface area (Å²) in [6.07, 6.45) is 0. The second kappa shape index (κ2) is 3.41. The van der Waals surface area contributed by atoms with E-state index in [9.17, 15) is 8.78 Å². The molecule has 2 rings (SSSR count).